The summed E-state index contributed by atoms with van der Waals surface area (Å²) in [6.07, 6.45) is -0.306. The van der Waals surface area contributed by atoms with E-state index in [2.05, 4.69) is 10.3 Å². The molecule has 0 aliphatic carbocycles. The lowest BCUT2D eigenvalue weighted by atomic mass is 10.2. The van der Waals surface area contributed by atoms with Crippen molar-refractivity contribution in [1.82, 2.24) is 4.98 Å². The molecule has 0 aliphatic heterocycles. The Labute approximate surface area is 150 Å². The topological polar surface area (TPSA) is 94.4 Å². The maximum atomic E-state index is 12.9. The van der Waals surface area contributed by atoms with Crippen LogP contribution in [0.5, 0.6) is 0 Å². The molecule has 1 aromatic heterocycles. The Morgan fingerprint density at radius 1 is 1.23 bits per heavy atom. The fraction of sp³-hybridized carbons (Fsp3) is 0.333. The molecule has 0 fully saturated rings. The van der Waals surface area contributed by atoms with E-state index in [9.17, 15) is 19.3 Å². The maximum Gasteiger partial charge on any atom is 0.312 e. The van der Waals surface area contributed by atoms with Crippen LogP contribution in [0.2, 0.25) is 0 Å². The molecular formula is C18H20FN3O4. The fourth-order valence-corrected chi connectivity index (χ4v) is 2.20. The van der Waals surface area contributed by atoms with E-state index in [0.29, 0.717) is 12.4 Å². The van der Waals surface area contributed by atoms with Crippen molar-refractivity contribution < 1.29 is 18.8 Å². The first kappa shape index (κ1) is 19.3. The summed E-state index contributed by atoms with van der Waals surface area (Å²) in [4.78, 5) is 26.7. The zero-order valence-electron chi connectivity index (χ0n) is 14.8. The van der Waals surface area contributed by atoms with Crippen LogP contribution < -0.4 is 5.32 Å². The molecule has 1 aromatic carbocycles. The molecule has 0 saturated carbocycles. The van der Waals surface area contributed by atoms with Gasteiger partial charge in [0, 0.05) is 12.6 Å². The lowest BCUT2D eigenvalue weighted by molar-refractivity contribution is -0.385. The van der Waals surface area contributed by atoms with Gasteiger partial charge in [-0.15, -0.1) is 0 Å². The van der Waals surface area contributed by atoms with E-state index < -0.39 is 16.5 Å². The molecule has 2 aromatic rings. The molecule has 1 N–H and O–H groups in total. The average Bonchev–Trinajstić information content (AvgIpc) is 2.52. The summed E-state index contributed by atoms with van der Waals surface area (Å²) < 4.78 is 18.1. The summed E-state index contributed by atoms with van der Waals surface area (Å²) >= 11 is 0. The SMILES string of the molecule is CC(C)(C)OC(=O)Cc1nc(NCc2ccc(F)cc2)ccc1[N+](=O)[O-]. The van der Waals surface area contributed by atoms with E-state index in [4.69, 9.17) is 4.74 Å². The summed E-state index contributed by atoms with van der Waals surface area (Å²) in [5.74, 6) is -0.552. The third-order valence-corrected chi connectivity index (χ3v) is 3.27. The van der Waals surface area contributed by atoms with Gasteiger partial charge in [-0.2, -0.15) is 0 Å². The van der Waals surface area contributed by atoms with Crippen molar-refractivity contribution in [1.29, 1.82) is 0 Å². The van der Waals surface area contributed by atoms with Crippen molar-refractivity contribution >= 4 is 17.5 Å². The molecule has 0 bridgehead atoms. The standard InChI is InChI=1S/C18H20FN3O4/c1-18(2,3)26-17(23)10-14-15(22(24)25)8-9-16(21-14)20-11-12-4-6-13(19)7-5-12/h4-9H,10-11H2,1-3H3,(H,20,21). The molecule has 0 spiro atoms. The Bertz CT molecular complexity index is 801. The normalized spacial score (nSPS) is 11.1. The van der Waals surface area contributed by atoms with Crippen molar-refractivity contribution in [3.8, 4) is 0 Å². The predicted molar refractivity (Wildman–Crippen MR) is 94.2 cm³/mol. The van der Waals surface area contributed by atoms with Gasteiger partial charge in [-0.3, -0.25) is 14.9 Å². The van der Waals surface area contributed by atoms with Gasteiger partial charge < -0.3 is 10.1 Å². The lowest BCUT2D eigenvalue weighted by Crippen LogP contribution is -2.25. The van der Waals surface area contributed by atoms with Crippen LogP contribution >= 0.6 is 0 Å². The molecule has 2 rings (SSSR count). The Hall–Kier alpha value is -3.03. The number of esters is 1. The number of aromatic nitrogens is 1. The molecule has 26 heavy (non-hydrogen) atoms. The zero-order valence-corrected chi connectivity index (χ0v) is 14.8. The Morgan fingerprint density at radius 2 is 1.88 bits per heavy atom. The number of carbonyl (C=O) groups is 1. The number of hydrogen-bond donors (Lipinski definition) is 1. The van der Waals surface area contributed by atoms with Gasteiger partial charge in [0.05, 0.1) is 11.3 Å². The largest absolute Gasteiger partial charge is 0.460 e. The molecule has 0 atom stereocenters. The van der Waals surface area contributed by atoms with Crippen LogP contribution in [0.4, 0.5) is 15.9 Å². The average molecular weight is 361 g/mol. The second-order valence-corrected chi connectivity index (χ2v) is 6.66. The minimum absolute atomic E-state index is 0.0216. The first-order valence-corrected chi connectivity index (χ1v) is 7.98. The minimum Gasteiger partial charge on any atom is -0.460 e. The van der Waals surface area contributed by atoms with Gasteiger partial charge in [0.25, 0.3) is 5.69 Å². The van der Waals surface area contributed by atoms with E-state index in [1.54, 1.807) is 32.9 Å². The smallest absolute Gasteiger partial charge is 0.312 e. The highest BCUT2D eigenvalue weighted by Crippen LogP contribution is 2.21. The van der Waals surface area contributed by atoms with Crippen LogP contribution in [0.3, 0.4) is 0 Å². The molecule has 8 heteroatoms. The van der Waals surface area contributed by atoms with Gasteiger partial charge in [-0.25, -0.2) is 9.37 Å². The lowest BCUT2D eigenvalue weighted by Gasteiger charge is -2.19. The number of nitro groups is 1. The minimum atomic E-state index is -0.690. The quantitative estimate of drug-likeness (QED) is 0.480. The van der Waals surface area contributed by atoms with Crippen LogP contribution in [0.1, 0.15) is 32.0 Å². The summed E-state index contributed by atoms with van der Waals surface area (Å²) in [6.45, 7) is 5.51. The second-order valence-electron chi connectivity index (χ2n) is 6.66. The number of rotatable bonds is 6. The highest BCUT2D eigenvalue weighted by molar-refractivity contribution is 5.74. The number of anilines is 1. The fourth-order valence-electron chi connectivity index (χ4n) is 2.20. The number of nitrogens with one attached hydrogen (secondary N) is 1. The Balaban J connectivity index is 2.14. The molecule has 0 amide bonds. The summed E-state index contributed by atoms with van der Waals surface area (Å²) in [7, 11) is 0. The molecule has 0 saturated heterocycles. The van der Waals surface area contributed by atoms with Crippen LogP contribution in [0.15, 0.2) is 36.4 Å². The number of pyridine rings is 1. The number of benzene rings is 1. The van der Waals surface area contributed by atoms with Gasteiger partial charge in [0.1, 0.15) is 22.9 Å². The summed E-state index contributed by atoms with van der Waals surface area (Å²) in [6, 6.07) is 8.67. The van der Waals surface area contributed by atoms with Gasteiger partial charge in [-0.05, 0) is 44.5 Å². The first-order valence-electron chi connectivity index (χ1n) is 7.98. The van der Waals surface area contributed by atoms with Gasteiger partial charge in [-0.1, -0.05) is 12.1 Å². The van der Waals surface area contributed by atoms with Crippen molar-refractivity contribution in [2.45, 2.75) is 39.3 Å². The number of hydrogen-bond acceptors (Lipinski definition) is 6. The van der Waals surface area contributed by atoms with Crippen molar-refractivity contribution in [2.24, 2.45) is 0 Å². The molecule has 0 radical (unpaired) electrons. The monoisotopic (exact) mass is 361 g/mol. The van der Waals surface area contributed by atoms with E-state index in [1.807, 2.05) is 0 Å². The maximum absolute atomic E-state index is 12.9. The molecule has 7 nitrogen and oxygen atoms in total. The third kappa shape index (κ3) is 5.80. The van der Waals surface area contributed by atoms with Gasteiger partial charge >= 0.3 is 5.97 Å². The molecule has 0 unspecified atom stereocenters. The van der Waals surface area contributed by atoms with Gasteiger partial charge in [0.15, 0.2) is 0 Å². The van der Waals surface area contributed by atoms with Crippen molar-refractivity contribution in [3.05, 3.63) is 63.6 Å². The summed E-state index contributed by atoms with van der Waals surface area (Å²) in [5.41, 5.74) is -0.0959. The predicted octanol–water partition coefficient (Wildman–Crippen LogP) is 3.63. The van der Waals surface area contributed by atoms with Gasteiger partial charge in [0.2, 0.25) is 0 Å². The zero-order chi connectivity index (χ0) is 19.3. The van der Waals surface area contributed by atoms with E-state index in [0.717, 1.165) is 5.56 Å². The molecule has 1 heterocycles. The highest BCUT2D eigenvalue weighted by Gasteiger charge is 2.23. The molecule has 0 aliphatic rings. The van der Waals surface area contributed by atoms with E-state index in [1.165, 1.54) is 24.3 Å². The third-order valence-electron chi connectivity index (χ3n) is 3.27. The molecular weight excluding hydrogens is 341 g/mol. The highest BCUT2D eigenvalue weighted by atomic mass is 19.1. The molecule has 138 valence electrons. The first-order chi connectivity index (χ1) is 12.1. The number of carbonyl (C=O) groups excluding carboxylic acids is 1. The summed E-state index contributed by atoms with van der Waals surface area (Å²) in [5, 5.41) is 14.2. The van der Waals surface area contributed by atoms with E-state index >= 15 is 0 Å². The number of halogens is 1. The van der Waals surface area contributed by atoms with Crippen LogP contribution in [0, 0.1) is 15.9 Å². The van der Waals surface area contributed by atoms with E-state index in [-0.39, 0.29) is 23.6 Å². The number of ether oxygens (including phenoxy) is 1. The van der Waals surface area contributed by atoms with Crippen LogP contribution in [-0.4, -0.2) is 21.5 Å². The van der Waals surface area contributed by atoms with Crippen LogP contribution in [-0.2, 0) is 22.5 Å². The second kappa shape index (κ2) is 7.90. The number of nitrogens with zero attached hydrogens (tertiary/aromatic N) is 2. The van der Waals surface area contributed by atoms with Crippen molar-refractivity contribution in [2.75, 3.05) is 5.32 Å². The van der Waals surface area contributed by atoms with Crippen LogP contribution in [0.25, 0.3) is 0 Å². The Kier molecular flexibility index (Phi) is 5.86. The Morgan fingerprint density at radius 3 is 2.46 bits per heavy atom. The van der Waals surface area contributed by atoms with Crippen molar-refractivity contribution in [3.63, 3.8) is 0 Å².